The van der Waals surface area contributed by atoms with Gasteiger partial charge >= 0.3 is 11.9 Å². The van der Waals surface area contributed by atoms with Crippen molar-refractivity contribution in [2.45, 2.75) is 52.6 Å². The number of carbonyl (C=O) groups is 2. The first kappa shape index (κ1) is 23.7. The first-order valence-corrected chi connectivity index (χ1v) is 10.8. The highest BCUT2D eigenvalue weighted by molar-refractivity contribution is 6.00. The summed E-state index contributed by atoms with van der Waals surface area (Å²) in [5.41, 5.74) is -1.25. The number of benzene rings is 1. The monoisotopic (exact) mass is 414 g/mol. The maximum atomic E-state index is 12.8. The van der Waals surface area contributed by atoms with E-state index >= 15 is 0 Å². The molecule has 5 heteroatoms. The van der Waals surface area contributed by atoms with Crippen molar-refractivity contribution >= 4 is 11.9 Å². The fraction of sp³-hybridized carbons (Fsp3) is 0.520. The first-order valence-electron chi connectivity index (χ1n) is 10.8. The molecular formula is C25H34O5. The number of para-hydroxylation sites is 1. The van der Waals surface area contributed by atoms with E-state index in [0.717, 1.165) is 18.6 Å². The fourth-order valence-electron chi connectivity index (χ4n) is 4.09. The van der Waals surface area contributed by atoms with Crippen LogP contribution in [-0.2, 0) is 19.1 Å². The highest BCUT2D eigenvalue weighted by Crippen LogP contribution is 2.46. The summed E-state index contributed by atoms with van der Waals surface area (Å²) in [7, 11) is 0. The molecule has 1 saturated carbocycles. The minimum Gasteiger partial charge on any atom is -0.487 e. The van der Waals surface area contributed by atoms with E-state index in [1.807, 2.05) is 49.4 Å². The Kier molecular flexibility index (Phi) is 9.15. The van der Waals surface area contributed by atoms with Crippen LogP contribution in [0.15, 0.2) is 55.1 Å². The van der Waals surface area contributed by atoms with E-state index in [4.69, 9.17) is 14.2 Å². The fourth-order valence-corrected chi connectivity index (χ4v) is 4.09. The lowest BCUT2D eigenvalue weighted by Crippen LogP contribution is -2.47. The van der Waals surface area contributed by atoms with Crippen LogP contribution in [0.25, 0.3) is 0 Å². The molecule has 1 aliphatic carbocycles. The number of esters is 2. The third kappa shape index (κ3) is 5.97. The molecule has 0 spiro atoms. The Morgan fingerprint density at radius 1 is 1.17 bits per heavy atom. The van der Waals surface area contributed by atoms with E-state index in [1.54, 1.807) is 13.8 Å². The van der Waals surface area contributed by atoms with Crippen LogP contribution < -0.4 is 4.74 Å². The second-order valence-corrected chi connectivity index (χ2v) is 7.74. The summed E-state index contributed by atoms with van der Waals surface area (Å²) in [4.78, 5) is 25.7. The van der Waals surface area contributed by atoms with Gasteiger partial charge in [0.25, 0.3) is 0 Å². The summed E-state index contributed by atoms with van der Waals surface area (Å²) >= 11 is 0. The lowest BCUT2D eigenvalue weighted by molar-refractivity contribution is -0.176. The summed E-state index contributed by atoms with van der Waals surface area (Å²) in [6.45, 7) is 9.81. The van der Waals surface area contributed by atoms with E-state index < -0.39 is 17.4 Å². The topological polar surface area (TPSA) is 61.8 Å². The van der Waals surface area contributed by atoms with Crippen molar-refractivity contribution in [3.05, 3.63) is 55.1 Å². The Morgan fingerprint density at radius 2 is 1.80 bits per heavy atom. The summed E-state index contributed by atoms with van der Waals surface area (Å²) in [5.74, 6) is 0.167. The maximum absolute atomic E-state index is 12.8. The van der Waals surface area contributed by atoms with Gasteiger partial charge in [-0.05, 0) is 76.5 Å². The number of hydrogen-bond donors (Lipinski definition) is 0. The molecule has 0 N–H and O–H groups in total. The smallest absolute Gasteiger partial charge is 0.323 e. The summed E-state index contributed by atoms with van der Waals surface area (Å²) < 4.78 is 16.5. The molecule has 0 heterocycles. The average Bonchev–Trinajstić information content (AvgIpc) is 2.74. The van der Waals surface area contributed by atoms with Crippen LogP contribution in [0.3, 0.4) is 0 Å². The van der Waals surface area contributed by atoms with Gasteiger partial charge in [0.05, 0.1) is 13.2 Å². The van der Waals surface area contributed by atoms with Gasteiger partial charge < -0.3 is 14.2 Å². The van der Waals surface area contributed by atoms with E-state index in [2.05, 4.69) is 12.7 Å². The second-order valence-electron chi connectivity index (χ2n) is 7.74. The molecule has 3 atom stereocenters. The molecule has 2 rings (SSSR count). The molecule has 30 heavy (non-hydrogen) atoms. The molecule has 1 aromatic carbocycles. The molecule has 1 aliphatic rings. The van der Waals surface area contributed by atoms with Gasteiger partial charge in [0.15, 0.2) is 5.41 Å². The summed E-state index contributed by atoms with van der Waals surface area (Å²) in [5, 5.41) is 0. The zero-order valence-electron chi connectivity index (χ0n) is 18.3. The Morgan fingerprint density at radius 3 is 2.37 bits per heavy atom. The van der Waals surface area contributed by atoms with Gasteiger partial charge in [0.2, 0.25) is 0 Å². The van der Waals surface area contributed by atoms with Crippen molar-refractivity contribution in [3.8, 4) is 5.75 Å². The van der Waals surface area contributed by atoms with Gasteiger partial charge in [-0.2, -0.15) is 0 Å². The third-order valence-electron chi connectivity index (χ3n) is 5.63. The molecule has 164 valence electrons. The van der Waals surface area contributed by atoms with Crippen molar-refractivity contribution < 1.29 is 23.8 Å². The van der Waals surface area contributed by atoms with E-state index in [9.17, 15) is 9.59 Å². The Bertz CT molecular complexity index is 706. The van der Waals surface area contributed by atoms with Crippen LogP contribution in [0, 0.1) is 17.3 Å². The minimum absolute atomic E-state index is 0.0207. The normalized spacial score (nSPS) is 21.6. The molecule has 0 aliphatic heterocycles. The second kappa shape index (κ2) is 11.6. The number of hydrogen-bond acceptors (Lipinski definition) is 5. The summed E-state index contributed by atoms with van der Waals surface area (Å²) in [6.07, 6.45) is 8.20. The first-order chi connectivity index (χ1) is 14.5. The summed E-state index contributed by atoms with van der Waals surface area (Å²) in [6, 6.07) is 9.63. The van der Waals surface area contributed by atoms with Crippen LogP contribution in [0.1, 0.15) is 46.5 Å². The quantitative estimate of drug-likeness (QED) is 0.302. The standard InChI is InChI=1S/C25H34O5/c1-5-11-20-16-17-25(23(26)28-6-2,24(27)29-7-3)18-21(20)15-14-19(4)30-22-12-9-8-10-13-22/h5,8-10,12-15,19-21H,1,6-7,11,16-18H2,2-4H3/b15-14+/t19?,20-,21-/m1/s1. The lowest BCUT2D eigenvalue weighted by atomic mass is 9.64. The van der Waals surface area contributed by atoms with Crippen LogP contribution >= 0.6 is 0 Å². The predicted octanol–water partition coefficient (Wildman–Crippen LogP) is 5.12. The molecule has 0 radical (unpaired) electrons. The van der Waals surface area contributed by atoms with Gasteiger partial charge in [-0.15, -0.1) is 6.58 Å². The van der Waals surface area contributed by atoms with Crippen molar-refractivity contribution in [1.82, 2.24) is 0 Å². The van der Waals surface area contributed by atoms with Crippen LogP contribution in [0.5, 0.6) is 5.75 Å². The van der Waals surface area contributed by atoms with Crippen molar-refractivity contribution in [2.75, 3.05) is 13.2 Å². The van der Waals surface area contributed by atoms with Gasteiger partial charge in [-0.3, -0.25) is 9.59 Å². The van der Waals surface area contributed by atoms with Crippen LogP contribution in [-0.4, -0.2) is 31.3 Å². The third-order valence-corrected chi connectivity index (χ3v) is 5.63. The van der Waals surface area contributed by atoms with Crippen molar-refractivity contribution in [3.63, 3.8) is 0 Å². The van der Waals surface area contributed by atoms with Crippen LogP contribution in [0.4, 0.5) is 0 Å². The molecule has 1 unspecified atom stereocenters. The predicted molar refractivity (Wildman–Crippen MR) is 117 cm³/mol. The van der Waals surface area contributed by atoms with Gasteiger partial charge in [0.1, 0.15) is 11.9 Å². The van der Waals surface area contributed by atoms with E-state index in [1.165, 1.54) is 0 Å². The zero-order chi connectivity index (χ0) is 22.0. The number of carbonyl (C=O) groups excluding carboxylic acids is 2. The molecular weight excluding hydrogens is 380 g/mol. The molecule has 0 amide bonds. The highest BCUT2D eigenvalue weighted by atomic mass is 16.6. The Labute approximate surface area is 180 Å². The largest absolute Gasteiger partial charge is 0.487 e. The molecule has 0 bridgehead atoms. The minimum atomic E-state index is -1.25. The van der Waals surface area contributed by atoms with Gasteiger partial charge in [-0.25, -0.2) is 0 Å². The molecule has 1 aromatic rings. The van der Waals surface area contributed by atoms with Gasteiger partial charge in [0, 0.05) is 0 Å². The Hall–Kier alpha value is -2.56. The number of rotatable bonds is 10. The van der Waals surface area contributed by atoms with Crippen molar-refractivity contribution in [2.24, 2.45) is 17.3 Å². The van der Waals surface area contributed by atoms with E-state index in [0.29, 0.717) is 18.8 Å². The zero-order valence-corrected chi connectivity index (χ0v) is 18.3. The number of allylic oxidation sites excluding steroid dienone is 2. The van der Waals surface area contributed by atoms with E-state index in [-0.39, 0.29) is 25.2 Å². The molecule has 1 fully saturated rings. The maximum Gasteiger partial charge on any atom is 0.323 e. The van der Waals surface area contributed by atoms with Crippen molar-refractivity contribution in [1.29, 1.82) is 0 Å². The SMILES string of the molecule is C=CC[C@@H]1CCC(C(=O)OCC)(C(=O)OCC)C[C@H]1/C=C/C(C)Oc1ccccc1. The van der Waals surface area contributed by atoms with Gasteiger partial charge in [-0.1, -0.05) is 30.4 Å². The number of ether oxygens (including phenoxy) is 3. The highest BCUT2D eigenvalue weighted by Gasteiger charge is 2.53. The molecule has 5 nitrogen and oxygen atoms in total. The Balaban J connectivity index is 2.22. The molecule has 0 aromatic heterocycles. The molecule has 0 saturated heterocycles. The lowest BCUT2D eigenvalue weighted by Gasteiger charge is -2.40. The van der Waals surface area contributed by atoms with Crippen LogP contribution in [0.2, 0.25) is 0 Å². The average molecular weight is 415 g/mol.